The fourth-order valence-corrected chi connectivity index (χ4v) is 4.77. The van der Waals surface area contributed by atoms with Gasteiger partial charge in [0.05, 0.1) is 11.7 Å². The molecule has 5 nitrogen and oxygen atoms in total. The van der Waals surface area contributed by atoms with Crippen LogP contribution in [0.4, 0.5) is 5.69 Å². The van der Waals surface area contributed by atoms with E-state index in [4.69, 9.17) is 5.73 Å². The maximum Gasteiger partial charge on any atom is 0.250 e. The topological polar surface area (TPSA) is 88.2 Å². The lowest BCUT2D eigenvalue weighted by atomic mass is 9.92. The highest BCUT2D eigenvalue weighted by Crippen LogP contribution is 2.37. The monoisotopic (exact) mass is 419 g/mol. The number of nitrogens with one attached hydrogen (secondary N) is 1. The number of hydrogen-bond donors (Lipinski definition) is 3. The van der Waals surface area contributed by atoms with Gasteiger partial charge in [-0.15, -0.1) is 0 Å². The molecule has 0 unspecified atom stereocenters. The van der Waals surface area contributed by atoms with Crippen molar-refractivity contribution in [1.29, 1.82) is 0 Å². The van der Waals surface area contributed by atoms with E-state index in [1.54, 1.807) is 24.0 Å². The van der Waals surface area contributed by atoms with Gasteiger partial charge in [0, 0.05) is 33.9 Å². The van der Waals surface area contributed by atoms with Gasteiger partial charge < -0.3 is 16.2 Å². The van der Waals surface area contributed by atoms with Gasteiger partial charge in [-0.25, -0.2) is 0 Å². The third-order valence-electron chi connectivity index (χ3n) is 5.40. The molecule has 0 aliphatic heterocycles. The number of nitrogens with two attached hydrogens (primary N) is 1. The average Bonchev–Trinajstić information content (AvgIpc) is 2.76. The number of aromatic nitrogens is 1. The van der Waals surface area contributed by atoms with Crippen LogP contribution in [0.1, 0.15) is 36.0 Å². The van der Waals surface area contributed by atoms with E-state index in [-0.39, 0.29) is 12.1 Å². The molecule has 1 aromatic heterocycles. The van der Waals surface area contributed by atoms with Crippen LogP contribution in [-0.4, -0.2) is 28.1 Å². The Bertz CT molecular complexity index is 1020. The Morgan fingerprint density at radius 2 is 1.87 bits per heavy atom. The van der Waals surface area contributed by atoms with E-state index in [0.29, 0.717) is 5.56 Å². The molecule has 4 N–H and O–H groups in total. The molecule has 0 radical (unpaired) electrons. The smallest absolute Gasteiger partial charge is 0.250 e. The van der Waals surface area contributed by atoms with Crippen molar-refractivity contribution < 1.29 is 9.90 Å². The first kappa shape index (κ1) is 20.4. The average molecular weight is 420 g/mol. The molecule has 0 spiro atoms. The molecular weight excluding hydrogens is 394 g/mol. The van der Waals surface area contributed by atoms with Gasteiger partial charge >= 0.3 is 0 Å². The molecule has 4 rings (SSSR count). The maximum absolute atomic E-state index is 12.0. The van der Waals surface area contributed by atoms with Gasteiger partial charge in [0.25, 0.3) is 5.91 Å². The molecule has 1 heterocycles. The van der Waals surface area contributed by atoms with E-state index < -0.39 is 5.91 Å². The molecule has 1 saturated carbocycles. The molecule has 6 heteroatoms. The van der Waals surface area contributed by atoms with Crippen molar-refractivity contribution in [2.45, 2.75) is 47.6 Å². The van der Waals surface area contributed by atoms with Crippen molar-refractivity contribution >= 4 is 23.4 Å². The molecule has 1 aliphatic carbocycles. The second kappa shape index (κ2) is 9.32. The summed E-state index contributed by atoms with van der Waals surface area (Å²) < 4.78 is 0. The summed E-state index contributed by atoms with van der Waals surface area (Å²) in [7, 11) is 0. The van der Waals surface area contributed by atoms with E-state index in [1.165, 1.54) is 0 Å². The number of primary amides is 1. The Labute approximate surface area is 180 Å². The summed E-state index contributed by atoms with van der Waals surface area (Å²) in [6, 6.07) is 18.1. The first-order valence-electron chi connectivity index (χ1n) is 10.2. The van der Waals surface area contributed by atoms with Crippen LogP contribution in [-0.2, 0) is 0 Å². The minimum atomic E-state index is -0.446. The van der Waals surface area contributed by atoms with Gasteiger partial charge in [-0.05, 0) is 67.1 Å². The number of pyridine rings is 1. The lowest BCUT2D eigenvalue weighted by Crippen LogP contribution is -2.29. The van der Waals surface area contributed by atoms with Crippen molar-refractivity contribution in [3.05, 3.63) is 72.6 Å². The second-order valence-electron chi connectivity index (χ2n) is 7.56. The van der Waals surface area contributed by atoms with Crippen LogP contribution in [0.15, 0.2) is 76.8 Å². The van der Waals surface area contributed by atoms with Crippen LogP contribution in [0.3, 0.4) is 0 Å². The van der Waals surface area contributed by atoms with Crippen molar-refractivity contribution in [2.24, 2.45) is 5.73 Å². The number of aliphatic hydroxyl groups excluding tert-OH is 1. The molecule has 0 atom stereocenters. The fourth-order valence-electron chi connectivity index (χ4n) is 3.81. The van der Waals surface area contributed by atoms with Gasteiger partial charge in [-0.3, -0.25) is 9.78 Å². The van der Waals surface area contributed by atoms with Gasteiger partial charge in [-0.2, -0.15) is 0 Å². The van der Waals surface area contributed by atoms with Gasteiger partial charge in [-0.1, -0.05) is 36.0 Å². The number of hydrogen-bond acceptors (Lipinski definition) is 5. The van der Waals surface area contributed by atoms with Crippen molar-refractivity contribution in [1.82, 2.24) is 4.98 Å². The third-order valence-corrected chi connectivity index (χ3v) is 6.45. The number of rotatable bonds is 6. The zero-order chi connectivity index (χ0) is 20.9. The summed E-state index contributed by atoms with van der Waals surface area (Å²) in [6.45, 7) is 0. The lowest BCUT2D eigenvalue weighted by molar-refractivity contribution is 0.100. The highest BCUT2D eigenvalue weighted by molar-refractivity contribution is 7.99. The van der Waals surface area contributed by atoms with Crippen LogP contribution in [0.2, 0.25) is 0 Å². The summed E-state index contributed by atoms with van der Waals surface area (Å²) in [4.78, 5) is 18.4. The zero-order valence-corrected chi connectivity index (χ0v) is 17.4. The van der Waals surface area contributed by atoms with Crippen LogP contribution in [0.25, 0.3) is 11.1 Å². The zero-order valence-electron chi connectivity index (χ0n) is 16.6. The Kier molecular flexibility index (Phi) is 6.35. The molecule has 2 aromatic carbocycles. The highest BCUT2D eigenvalue weighted by atomic mass is 32.2. The molecule has 1 fully saturated rings. The first-order chi connectivity index (χ1) is 14.6. The van der Waals surface area contributed by atoms with Crippen molar-refractivity contribution in [3.8, 4) is 11.1 Å². The molecule has 30 heavy (non-hydrogen) atoms. The highest BCUT2D eigenvalue weighted by Gasteiger charge is 2.21. The summed E-state index contributed by atoms with van der Waals surface area (Å²) in [6.07, 6.45) is 6.68. The summed E-state index contributed by atoms with van der Waals surface area (Å²) in [5.74, 6) is -0.446. The summed E-state index contributed by atoms with van der Waals surface area (Å²) >= 11 is 1.66. The van der Waals surface area contributed by atoms with E-state index in [1.807, 2.05) is 42.6 Å². The summed E-state index contributed by atoms with van der Waals surface area (Å²) in [5.41, 5.74) is 8.98. The number of amides is 1. The number of nitrogens with zero attached hydrogens (tertiary/aromatic N) is 1. The maximum atomic E-state index is 12.0. The molecule has 0 bridgehead atoms. The van der Waals surface area contributed by atoms with Crippen molar-refractivity contribution in [3.63, 3.8) is 0 Å². The normalized spacial score (nSPS) is 18.7. The van der Waals surface area contributed by atoms with E-state index in [9.17, 15) is 9.90 Å². The van der Waals surface area contributed by atoms with Crippen LogP contribution in [0.5, 0.6) is 0 Å². The number of anilines is 1. The fraction of sp³-hybridized carbons (Fsp3) is 0.250. The molecule has 0 saturated heterocycles. The standard InChI is InChI=1S/C24H25N3O2S/c25-24(29)21-12-7-16(14-22(21)27-17-8-10-18(28)11-9-17)20-5-1-2-6-23(20)30-19-4-3-13-26-15-19/h1-7,12-15,17-18,27-28H,8-11H2,(H2,25,29). The minimum Gasteiger partial charge on any atom is -0.393 e. The molecule has 3 aromatic rings. The Hall–Kier alpha value is -2.83. The number of benzene rings is 2. The Morgan fingerprint density at radius 3 is 2.60 bits per heavy atom. The second-order valence-corrected chi connectivity index (χ2v) is 8.68. The SMILES string of the molecule is NC(=O)c1ccc(-c2ccccc2Sc2cccnc2)cc1NC1CCC(O)CC1. The number of carbonyl (C=O) groups is 1. The minimum absolute atomic E-state index is 0.221. The van der Waals surface area contributed by atoms with Gasteiger partial charge in [0.2, 0.25) is 0 Å². The van der Waals surface area contributed by atoms with Crippen LogP contribution < -0.4 is 11.1 Å². The van der Waals surface area contributed by atoms with Crippen LogP contribution in [0, 0.1) is 0 Å². The Morgan fingerprint density at radius 1 is 1.07 bits per heavy atom. The third kappa shape index (κ3) is 4.83. The molecule has 154 valence electrons. The van der Waals surface area contributed by atoms with E-state index >= 15 is 0 Å². The van der Waals surface area contributed by atoms with E-state index in [2.05, 4.69) is 22.4 Å². The van der Waals surface area contributed by atoms with E-state index in [0.717, 1.165) is 52.3 Å². The van der Waals surface area contributed by atoms with Crippen LogP contribution >= 0.6 is 11.8 Å². The largest absolute Gasteiger partial charge is 0.393 e. The number of carbonyl (C=O) groups excluding carboxylic acids is 1. The van der Waals surface area contributed by atoms with Crippen molar-refractivity contribution in [2.75, 3.05) is 5.32 Å². The molecule has 1 aliphatic rings. The number of aliphatic hydroxyl groups is 1. The quantitative estimate of drug-likeness (QED) is 0.538. The Balaban J connectivity index is 1.66. The molecule has 1 amide bonds. The lowest BCUT2D eigenvalue weighted by Gasteiger charge is -2.28. The predicted molar refractivity (Wildman–Crippen MR) is 121 cm³/mol. The molecular formula is C24H25N3O2S. The summed E-state index contributed by atoms with van der Waals surface area (Å²) in [5, 5.41) is 13.3. The predicted octanol–water partition coefficient (Wildman–Crippen LogP) is 4.71. The first-order valence-corrected chi connectivity index (χ1v) is 11.0. The van der Waals surface area contributed by atoms with Gasteiger partial charge in [0.15, 0.2) is 0 Å². The van der Waals surface area contributed by atoms with Gasteiger partial charge in [0.1, 0.15) is 0 Å².